The van der Waals surface area contributed by atoms with E-state index < -0.39 is 6.67 Å². The Balaban J connectivity index is 3.39. The van der Waals surface area contributed by atoms with E-state index in [0.717, 1.165) is 0 Å². The summed E-state index contributed by atoms with van der Waals surface area (Å²) in [4.78, 5) is 0. The summed E-state index contributed by atoms with van der Waals surface area (Å²) in [5, 5.41) is 9.39. The van der Waals surface area contributed by atoms with Crippen molar-refractivity contribution in [2.75, 3.05) is 7.11 Å². The van der Waals surface area contributed by atoms with E-state index in [4.69, 9.17) is 27.9 Å². The molecule has 72 valence electrons. The van der Waals surface area contributed by atoms with Crippen LogP contribution in [0, 0.1) is 0 Å². The molecule has 0 saturated heterocycles. The van der Waals surface area contributed by atoms with Crippen molar-refractivity contribution in [3.63, 3.8) is 0 Å². The molecule has 0 aliphatic carbocycles. The smallest absolute Gasteiger partial charge is 0.156 e. The standard InChI is InChI=1S/C8H7Cl2FO2/c1-13-8-5(9)2-6(12)4(3-11)7(8)10/h2,12H,3H2,1H3. The lowest BCUT2D eigenvalue weighted by atomic mass is 10.2. The second kappa shape index (κ2) is 4.03. The lowest BCUT2D eigenvalue weighted by molar-refractivity contribution is 0.404. The lowest BCUT2D eigenvalue weighted by Crippen LogP contribution is -1.90. The van der Waals surface area contributed by atoms with Crippen molar-refractivity contribution in [1.82, 2.24) is 0 Å². The van der Waals surface area contributed by atoms with E-state index in [1.54, 1.807) is 0 Å². The summed E-state index contributed by atoms with van der Waals surface area (Å²) in [5.41, 5.74) is -0.0112. The molecule has 0 fully saturated rings. The molecule has 0 unspecified atom stereocenters. The Hall–Kier alpha value is -0.670. The summed E-state index contributed by atoms with van der Waals surface area (Å²) >= 11 is 11.4. The molecule has 0 radical (unpaired) electrons. The Bertz CT molecular complexity index is 300. The Morgan fingerprint density at radius 1 is 1.54 bits per heavy atom. The molecule has 2 nitrogen and oxygen atoms in total. The zero-order valence-corrected chi connectivity index (χ0v) is 8.29. The molecule has 0 spiro atoms. The molecule has 0 atom stereocenters. The molecule has 5 heteroatoms. The molecular formula is C8H7Cl2FO2. The van der Waals surface area contributed by atoms with E-state index in [1.165, 1.54) is 13.2 Å². The monoisotopic (exact) mass is 224 g/mol. The van der Waals surface area contributed by atoms with E-state index in [0.29, 0.717) is 0 Å². The fraction of sp³-hybridized carbons (Fsp3) is 0.250. The fourth-order valence-electron chi connectivity index (χ4n) is 0.941. The van der Waals surface area contributed by atoms with Gasteiger partial charge in [-0.2, -0.15) is 0 Å². The van der Waals surface area contributed by atoms with E-state index in [-0.39, 0.29) is 27.1 Å². The predicted octanol–water partition coefficient (Wildman–Crippen LogP) is 3.18. The zero-order chi connectivity index (χ0) is 10.0. The molecule has 1 aromatic rings. The molecule has 0 bridgehead atoms. The van der Waals surface area contributed by atoms with Gasteiger partial charge in [0, 0.05) is 11.6 Å². The second-order valence-corrected chi connectivity index (χ2v) is 3.12. The molecule has 0 saturated carbocycles. The second-order valence-electron chi connectivity index (χ2n) is 2.34. The number of rotatable bonds is 2. The number of ether oxygens (including phenoxy) is 1. The number of hydrogen-bond acceptors (Lipinski definition) is 2. The Morgan fingerprint density at radius 2 is 2.15 bits per heavy atom. The maximum absolute atomic E-state index is 12.4. The minimum atomic E-state index is -0.863. The predicted molar refractivity (Wildman–Crippen MR) is 49.5 cm³/mol. The van der Waals surface area contributed by atoms with Crippen molar-refractivity contribution in [2.45, 2.75) is 6.67 Å². The van der Waals surface area contributed by atoms with Crippen LogP contribution in [0.4, 0.5) is 4.39 Å². The first-order valence-electron chi connectivity index (χ1n) is 3.41. The highest BCUT2D eigenvalue weighted by Gasteiger charge is 2.15. The Labute approximate surface area is 84.8 Å². The zero-order valence-electron chi connectivity index (χ0n) is 6.77. The van der Waals surface area contributed by atoms with Crippen LogP contribution in [-0.2, 0) is 6.67 Å². The van der Waals surface area contributed by atoms with Gasteiger partial charge in [0.2, 0.25) is 0 Å². The Morgan fingerprint density at radius 3 is 2.62 bits per heavy atom. The number of hydrogen-bond donors (Lipinski definition) is 1. The molecule has 1 rings (SSSR count). The van der Waals surface area contributed by atoms with Gasteiger partial charge in [-0.05, 0) is 0 Å². The van der Waals surface area contributed by atoms with Gasteiger partial charge >= 0.3 is 0 Å². The van der Waals surface area contributed by atoms with E-state index in [2.05, 4.69) is 0 Å². The summed E-state index contributed by atoms with van der Waals surface area (Å²) in [7, 11) is 1.37. The van der Waals surface area contributed by atoms with Gasteiger partial charge in [0.05, 0.1) is 17.2 Å². The number of methoxy groups -OCH3 is 1. The SMILES string of the molecule is COc1c(Cl)cc(O)c(CF)c1Cl. The van der Waals surface area contributed by atoms with Gasteiger partial charge in [-0.25, -0.2) is 4.39 Å². The summed E-state index contributed by atoms with van der Waals surface area (Å²) in [5.74, 6) is -0.0907. The van der Waals surface area contributed by atoms with Crippen LogP contribution < -0.4 is 4.74 Å². The van der Waals surface area contributed by atoms with Crippen LogP contribution in [0.5, 0.6) is 11.5 Å². The number of phenolic OH excluding ortho intramolecular Hbond substituents is 1. The Kier molecular flexibility index (Phi) is 3.22. The van der Waals surface area contributed by atoms with Gasteiger partial charge < -0.3 is 9.84 Å². The van der Waals surface area contributed by atoms with Gasteiger partial charge in [0.25, 0.3) is 0 Å². The third kappa shape index (κ3) is 1.81. The molecular weight excluding hydrogens is 218 g/mol. The molecule has 0 aromatic heterocycles. The van der Waals surface area contributed by atoms with Gasteiger partial charge in [-0.1, -0.05) is 23.2 Å². The van der Waals surface area contributed by atoms with Crippen molar-refractivity contribution in [2.24, 2.45) is 0 Å². The van der Waals surface area contributed by atoms with E-state index in [1.807, 2.05) is 0 Å². The van der Waals surface area contributed by atoms with E-state index >= 15 is 0 Å². The average molecular weight is 225 g/mol. The minimum Gasteiger partial charge on any atom is -0.507 e. The first kappa shape index (κ1) is 10.4. The summed E-state index contributed by atoms with van der Waals surface area (Å²) in [6, 6.07) is 1.20. The molecule has 0 amide bonds. The maximum Gasteiger partial charge on any atom is 0.156 e. The number of phenols is 1. The van der Waals surface area contributed by atoms with Crippen LogP contribution in [-0.4, -0.2) is 12.2 Å². The summed E-state index contributed by atoms with van der Waals surface area (Å²) in [6.45, 7) is -0.863. The number of halogens is 3. The van der Waals surface area contributed by atoms with Gasteiger partial charge in [-0.3, -0.25) is 0 Å². The summed E-state index contributed by atoms with van der Waals surface area (Å²) in [6.07, 6.45) is 0. The first-order chi connectivity index (χ1) is 6.11. The van der Waals surface area contributed by atoms with Crippen LogP contribution in [0.3, 0.4) is 0 Å². The fourth-order valence-corrected chi connectivity index (χ4v) is 1.59. The van der Waals surface area contributed by atoms with Gasteiger partial charge in [0.15, 0.2) is 5.75 Å². The molecule has 13 heavy (non-hydrogen) atoms. The molecule has 0 aliphatic heterocycles. The van der Waals surface area contributed by atoms with Crippen molar-refractivity contribution < 1.29 is 14.2 Å². The molecule has 1 N–H and O–H groups in total. The highest BCUT2D eigenvalue weighted by molar-refractivity contribution is 6.38. The van der Waals surface area contributed by atoms with Crippen LogP contribution in [0.2, 0.25) is 10.0 Å². The number of benzene rings is 1. The largest absolute Gasteiger partial charge is 0.507 e. The van der Waals surface area contributed by atoms with Crippen LogP contribution >= 0.6 is 23.2 Å². The number of alkyl halides is 1. The normalized spacial score (nSPS) is 10.2. The highest BCUT2D eigenvalue weighted by atomic mass is 35.5. The van der Waals surface area contributed by atoms with Crippen molar-refractivity contribution in [3.05, 3.63) is 21.7 Å². The van der Waals surface area contributed by atoms with Crippen LogP contribution in [0.25, 0.3) is 0 Å². The molecule has 0 heterocycles. The van der Waals surface area contributed by atoms with Gasteiger partial charge in [0.1, 0.15) is 12.4 Å². The molecule has 1 aromatic carbocycles. The highest BCUT2D eigenvalue weighted by Crippen LogP contribution is 2.40. The quantitative estimate of drug-likeness (QED) is 0.837. The minimum absolute atomic E-state index is 0.00926. The van der Waals surface area contributed by atoms with Crippen LogP contribution in [0.1, 0.15) is 5.56 Å². The van der Waals surface area contributed by atoms with Crippen LogP contribution in [0.15, 0.2) is 6.07 Å². The van der Waals surface area contributed by atoms with E-state index in [9.17, 15) is 9.50 Å². The van der Waals surface area contributed by atoms with Crippen molar-refractivity contribution >= 4 is 23.2 Å². The lowest BCUT2D eigenvalue weighted by Gasteiger charge is -2.09. The van der Waals surface area contributed by atoms with Crippen molar-refractivity contribution in [1.29, 1.82) is 0 Å². The first-order valence-corrected chi connectivity index (χ1v) is 4.17. The van der Waals surface area contributed by atoms with Crippen molar-refractivity contribution in [3.8, 4) is 11.5 Å². The third-order valence-electron chi connectivity index (χ3n) is 1.59. The average Bonchev–Trinajstić information content (AvgIpc) is 2.04. The summed E-state index contributed by atoms with van der Waals surface area (Å²) < 4.78 is 17.2. The molecule has 0 aliphatic rings. The maximum atomic E-state index is 12.4. The third-order valence-corrected chi connectivity index (χ3v) is 2.27. The topological polar surface area (TPSA) is 29.5 Å². The number of aromatic hydroxyl groups is 1. The van der Waals surface area contributed by atoms with Gasteiger partial charge in [-0.15, -0.1) is 0 Å².